The first-order valence-corrected chi connectivity index (χ1v) is 12.1. The van der Waals surface area contributed by atoms with Crippen molar-refractivity contribution in [3.05, 3.63) is 64.1 Å². The van der Waals surface area contributed by atoms with E-state index in [0.29, 0.717) is 35.5 Å². The molecule has 0 bridgehead atoms. The Hall–Kier alpha value is -2.98. The van der Waals surface area contributed by atoms with Gasteiger partial charge in [-0.2, -0.15) is 0 Å². The van der Waals surface area contributed by atoms with Crippen molar-refractivity contribution in [3.63, 3.8) is 0 Å². The smallest absolute Gasteiger partial charge is 0.308 e. The SMILES string of the molecule is CCCOc1ccc(Br)cc1C(=O)NC(=S)N1CCNC(=O)C1CC(=O)OCc1ccccc1. The number of hydrogen-bond donors (Lipinski definition) is 2. The number of thiocarbonyl (C=S) groups is 1. The van der Waals surface area contributed by atoms with Crippen LogP contribution in [0.3, 0.4) is 0 Å². The summed E-state index contributed by atoms with van der Waals surface area (Å²) in [6.45, 7) is 3.23. The maximum absolute atomic E-state index is 13.0. The minimum atomic E-state index is -0.886. The largest absolute Gasteiger partial charge is 0.493 e. The number of amides is 2. The number of rotatable bonds is 8. The summed E-state index contributed by atoms with van der Waals surface area (Å²) in [6.07, 6.45) is 0.594. The molecule has 8 nitrogen and oxygen atoms in total. The second kappa shape index (κ2) is 12.5. The van der Waals surface area contributed by atoms with Gasteiger partial charge in [0.15, 0.2) is 5.11 Å². The molecule has 1 saturated heterocycles. The molecule has 1 aliphatic rings. The van der Waals surface area contributed by atoms with E-state index in [0.717, 1.165) is 12.0 Å². The first-order valence-electron chi connectivity index (χ1n) is 10.9. The maximum Gasteiger partial charge on any atom is 0.308 e. The van der Waals surface area contributed by atoms with Crippen molar-refractivity contribution in [1.29, 1.82) is 0 Å². The van der Waals surface area contributed by atoms with E-state index in [-0.39, 0.29) is 24.0 Å². The number of hydrogen-bond acceptors (Lipinski definition) is 6. The fourth-order valence-corrected chi connectivity index (χ4v) is 4.04. The van der Waals surface area contributed by atoms with Gasteiger partial charge >= 0.3 is 5.97 Å². The highest BCUT2D eigenvalue weighted by Gasteiger charge is 2.34. The highest BCUT2D eigenvalue weighted by molar-refractivity contribution is 9.10. The van der Waals surface area contributed by atoms with Gasteiger partial charge in [0, 0.05) is 17.6 Å². The Bertz CT molecular complexity index is 1050. The number of esters is 1. The summed E-state index contributed by atoms with van der Waals surface area (Å²) in [5.74, 6) is -0.919. The Balaban J connectivity index is 1.66. The van der Waals surface area contributed by atoms with Crippen LogP contribution in [0.25, 0.3) is 0 Å². The lowest BCUT2D eigenvalue weighted by atomic mass is 10.1. The Labute approximate surface area is 212 Å². The standard InChI is InChI=1S/C24H26BrN3O5S/c1-2-12-32-20-9-8-17(25)13-18(20)22(30)27-24(34)28-11-10-26-23(31)19(28)14-21(29)33-15-16-6-4-3-5-7-16/h3-9,13,19H,2,10-12,14-15H2,1H3,(H,26,31)(H,27,30,34). The topological polar surface area (TPSA) is 97.0 Å². The van der Waals surface area contributed by atoms with E-state index in [1.54, 1.807) is 23.1 Å². The number of benzene rings is 2. The van der Waals surface area contributed by atoms with Gasteiger partial charge in [0.1, 0.15) is 18.4 Å². The van der Waals surface area contributed by atoms with Crippen LogP contribution in [0.2, 0.25) is 0 Å². The van der Waals surface area contributed by atoms with Gasteiger partial charge in [-0.25, -0.2) is 0 Å². The fraction of sp³-hybridized carbons (Fsp3) is 0.333. The molecule has 2 N–H and O–H groups in total. The minimum Gasteiger partial charge on any atom is -0.493 e. The lowest BCUT2D eigenvalue weighted by Crippen LogP contribution is -2.60. The molecule has 34 heavy (non-hydrogen) atoms. The molecule has 0 aromatic heterocycles. The Morgan fingerprint density at radius 3 is 2.74 bits per heavy atom. The van der Waals surface area contributed by atoms with Gasteiger partial charge in [0.05, 0.1) is 18.6 Å². The number of carbonyl (C=O) groups is 3. The van der Waals surface area contributed by atoms with E-state index in [9.17, 15) is 14.4 Å². The van der Waals surface area contributed by atoms with Crippen LogP contribution in [0.1, 0.15) is 35.7 Å². The average Bonchev–Trinajstić information content (AvgIpc) is 2.83. The van der Waals surface area contributed by atoms with Gasteiger partial charge in [-0.3, -0.25) is 19.7 Å². The van der Waals surface area contributed by atoms with Crippen molar-refractivity contribution in [2.75, 3.05) is 19.7 Å². The van der Waals surface area contributed by atoms with Gasteiger partial charge in [0.2, 0.25) is 5.91 Å². The molecule has 1 heterocycles. The molecule has 10 heteroatoms. The number of piperazine rings is 1. The maximum atomic E-state index is 13.0. The molecule has 2 aromatic carbocycles. The number of ether oxygens (including phenoxy) is 2. The van der Waals surface area contributed by atoms with Crippen LogP contribution < -0.4 is 15.4 Å². The van der Waals surface area contributed by atoms with E-state index in [1.807, 2.05) is 37.3 Å². The Morgan fingerprint density at radius 1 is 1.24 bits per heavy atom. The molecule has 1 aliphatic heterocycles. The third kappa shape index (κ3) is 7.01. The van der Waals surface area contributed by atoms with Crippen molar-refractivity contribution in [1.82, 2.24) is 15.5 Å². The van der Waals surface area contributed by atoms with Crippen LogP contribution >= 0.6 is 28.1 Å². The lowest BCUT2D eigenvalue weighted by Gasteiger charge is -2.36. The molecule has 1 atom stereocenters. The molecule has 0 spiro atoms. The van der Waals surface area contributed by atoms with Crippen molar-refractivity contribution in [2.45, 2.75) is 32.4 Å². The molecule has 1 unspecified atom stereocenters. The van der Waals surface area contributed by atoms with Gasteiger partial charge < -0.3 is 19.7 Å². The van der Waals surface area contributed by atoms with Crippen LogP contribution in [0.4, 0.5) is 0 Å². The monoisotopic (exact) mass is 547 g/mol. The minimum absolute atomic E-state index is 0.0575. The predicted molar refractivity (Wildman–Crippen MR) is 134 cm³/mol. The molecule has 2 amide bonds. The zero-order chi connectivity index (χ0) is 24.5. The van der Waals surface area contributed by atoms with E-state index < -0.39 is 17.9 Å². The van der Waals surface area contributed by atoms with Crippen LogP contribution in [-0.4, -0.2) is 53.5 Å². The number of nitrogens with zero attached hydrogens (tertiary/aromatic N) is 1. The summed E-state index contributed by atoms with van der Waals surface area (Å²) in [6, 6.07) is 13.5. The molecular weight excluding hydrogens is 522 g/mol. The molecular formula is C24H26BrN3O5S. The highest BCUT2D eigenvalue weighted by Crippen LogP contribution is 2.24. The van der Waals surface area contributed by atoms with Crippen molar-refractivity contribution in [3.8, 4) is 5.75 Å². The first-order chi connectivity index (χ1) is 16.4. The predicted octanol–water partition coefficient (Wildman–Crippen LogP) is 3.19. The summed E-state index contributed by atoms with van der Waals surface area (Å²) < 4.78 is 11.7. The first kappa shape index (κ1) is 25.6. The van der Waals surface area contributed by atoms with Gasteiger partial charge in [-0.15, -0.1) is 0 Å². The summed E-state index contributed by atoms with van der Waals surface area (Å²) in [4.78, 5) is 39.5. The molecule has 180 valence electrons. The lowest BCUT2D eigenvalue weighted by molar-refractivity contribution is -0.148. The van der Waals surface area contributed by atoms with E-state index >= 15 is 0 Å². The van der Waals surface area contributed by atoms with Gasteiger partial charge in [0.25, 0.3) is 5.91 Å². The van der Waals surface area contributed by atoms with Crippen molar-refractivity contribution < 1.29 is 23.9 Å². The molecule has 1 fully saturated rings. The van der Waals surface area contributed by atoms with E-state index in [4.69, 9.17) is 21.7 Å². The zero-order valence-corrected chi connectivity index (χ0v) is 21.1. The summed E-state index contributed by atoms with van der Waals surface area (Å²) in [5, 5.41) is 5.47. The second-order valence-corrected chi connectivity index (χ2v) is 8.90. The van der Waals surface area contributed by atoms with Crippen molar-refractivity contribution in [2.24, 2.45) is 0 Å². The number of carbonyl (C=O) groups excluding carboxylic acids is 3. The second-order valence-electron chi connectivity index (χ2n) is 7.60. The average molecular weight is 548 g/mol. The quantitative estimate of drug-likeness (QED) is 0.387. The van der Waals surface area contributed by atoms with E-state index in [1.165, 1.54) is 0 Å². The number of nitrogens with one attached hydrogen (secondary N) is 2. The van der Waals surface area contributed by atoms with Gasteiger partial charge in [-0.1, -0.05) is 53.2 Å². The van der Waals surface area contributed by atoms with Crippen molar-refractivity contribution >= 4 is 51.0 Å². The van der Waals surface area contributed by atoms with Crippen LogP contribution in [-0.2, 0) is 20.9 Å². The van der Waals surface area contributed by atoms with Crippen LogP contribution in [0.5, 0.6) is 5.75 Å². The molecule has 0 radical (unpaired) electrons. The summed E-state index contributed by atoms with van der Waals surface area (Å²) in [5.41, 5.74) is 1.16. The summed E-state index contributed by atoms with van der Waals surface area (Å²) >= 11 is 8.82. The highest BCUT2D eigenvalue weighted by atomic mass is 79.9. The molecule has 0 aliphatic carbocycles. The normalized spacial score (nSPS) is 15.3. The van der Waals surface area contributed by atoms with E-state index in [2.05, 4.69) is 26.6 Å². The number of halogens is 1. The third-order valence-electron chi connectivity index (χ3n) is 5.06. The Morgan fingerprint density at radius 2 is 2.00 bits per heavy atom. The third-order valence-corrected chi connectivity index (χ3v) is 5.89. The Kier molecular flexibility index (Phi) is 9.41. The zero-order valence-electron chi connectivity index (χ0n) is 18.7. The fourth-order valence-electron chi connectivity index (χ4n) is 3.37. The van der Waals surface area contributed by atoms with Crippen LogP contribution in [0.15, 0.2) is 53.0 Å². The van der Waals surface area contributed by atoms with Gasteiger partial charge in [-0.05, 0) is 42.4 Å². The summed E-state index contributed by atoms with van der Waals surface area (Å²) in [7, 11) is 0. The molecule has 2 aromatic rings. The van der Waals surface area contributed by atoms with Crippen LogP contribution in [0, 0.1) is 0 Å². The molecule has 3 rings (SSSR count). The molecule has 0 saturated carbocycles.